The van der Waals surface area contributed by atoms with Crippen LogP contribution in [0.15, 0.2) is 159 Å². The molecule has 7 aromatic heterocycles. The van der Waals surface area contributed by atoms with E-state index in [1.807, 2.05) is 111 Å². The minimum absolute atomic E-state index is 0.298. The standard InChI is InChI=1S/C17H17ClN2O2.C16H15ClN2O2.3C13H15ClN2O2.C11H13NO2.C10H11NO2/c1-9-4-6-10(7-5-9)16-20-12-8-11(19)13(17(2,3)21)14(18)15(12)22-16;1-16(2,20)12-10(18)8-11-14(13(12)17)21-15(19-11)9-6-4-3-5-7-9;1-13(2,17)9-8(15)5-7-11(6-3-4-6)16-18-12(7)10(9)14;1-13(2,17)10-7(15)5-8-9(11(10)14)12(16-18-8)6-3-4-6;1-13(2,17)10-8(15)5-7(14)9-11(6-3-4-6)16-18-12(9)10;1-7-10-8(11(2,3)13)5-4-6-9(10)14-12-7;1-10(2,12)9-7-5-3-4-6-8(7)13-11-9/h4-8,21H,19H2,1-3H3;3-8,20H,18H2,1-2H3;3*5-6,17H,3-4,15H2,1-2H3;4-6,13H,1-3H3;3-6,12H,1-2H3. The Labute approximate surface area is 739 Å². The predicted molar refractivity (Wildman–Crippen MR) is 488 cm³/mol. The number of hydrogen-bond acceptors (Lipinski definition) is 26. The molecular formula is C93H101Cl5N12O14. The molecule has 9 aromatic carbocycles. The fourth-order valence-corrected chi connectivity index (χ4v) is 17.2. The predicted octanol–water partition coefficient (Wildman–Crippen LogP) is 22.1. The van der Waals surface area contributed by atoms with Crippen molar-refractivity contribution in [3.05, 3.63) is 220 Å². The second-order valence-electron chi connectivity index (χ2n) is 35.3. The summed E-state index contributed by atoms with van der Waals surface area (Å²) in [6, 6.07) is 39.0. The molecule has 0 atom stereocenters. The van der Waals surface area contributed by atoms with Crippen LogP contribution in [0.3, 0.4) is 0 Å². The zero-order chi connectivity index (χ0) is 90.3. The lowest BCUT2D eigenvalue weighted by Crippen LogP contribution is -2.18. The third-order valence-electron chi connectivity index (χ3n) is 21.1. The molecule has 3 fully saturated rings. The van der Waals surface area contributed by atoms with Gasteiger partial charge in [-0.1, -0.05) is 144 Å². The lowest BCUT2D eigenvalue weighted by molar-refractivity contribution is 0.0714. The van der Waals surface area contributed by atoms with Gasteiger partial charge < -0.3 is 95.9 Å². The fourth-order valence-electron chi connectivity index (χ4n) is 14.9. The molecule has 0 aliphatic heterocycles. The Morgan fingerprint density at radius 3 is 1.26 bits per heavy atom. The number of nitrogen functional groups attached to an aromatic ring is 5. The van der Waals surface area contributed by atoms with Crippen LogP contribution < -0.4 is 28.7 Å². The molecule has 124 heavy (non-hydrogen) atoms. The number of hydrogen-bond donors (Lipinski definition) is 12. The van der Waals surface area contributed by atoms with Crippen LogP contribution in [0, 0.1) is 13.8 Å². The highest BCUT2D eigenvalue weighted by molar-refractivity contribution is 6.38. The molecule has 652 valence electrons. The molecule has 31 heteroatoms. The van der Waals surface area contributed by atoms with E-state index in [1.54, 1.807) is 127 Å². The first-order chi connectivity index (χ1) is 57.9. The zero-order valence-corrected chi connectivity index (χ0v) is 75.3. The van der Waals surface area contributed by atoms with E-state index in [9.17, 15) is 35.7 Å². The van der Waals surface area contributed by atoms with E-state index in [-0.39, 0.29) is 0 Å². The highest BCUT2D eigenvalue weighted by Crippen LogP contribution is 2.52. The van der Waals surface area contributed by atoms with Crippen molar-refractivity contribution in [2.75, 3.05) is 28.7 Å². The van der Waals surface area contributed by atoms with Gasteiger partial charge in [-0.2, -0.15) is 0 Å². The summed E-state index contributed by atoms with van der Waals surface area (Å²) in [5, 5.41) is 96.9. The van der Waals surface area contributed by atoms with Gasteiger partial charge in [0.25, 0.3) is 0 Å². The van der Waals surface area contributed by atoms with Gasteiger partial charge in [-0.25, -0.2) is 9.97 Å². The summed E-state index contributed by atoms with van der Waals surface area (Å²) in [5.74, 6) is 2.28. The molecular weight excluding hydrogens is 1690 g/mol. The number of para-hydroxylation sites is 1. The second-order valence-corrected chi connectivity index (χ2v) is 37.2. The van der Waals surface area contributed by atoms with Crippen molar-refractivity contribution in [1.82, 2.24) is 35.8 Å². The highest BCUT2D eigenvalue weighted by Gasteiger charge is 2.38. The van der Waals surface area contributed by atoms with E-state index in [1.165, 1.54) is 0 Å². The minimum atomic E-state index is -1.16. The first-order valence-electron chi connectivity index (χ1n) is 40.2. The Kier molecular flexibility index (Phi) is 25.3. The lowest BCUT2D eigenvalue weighted by atomic mass is 9.94. The van der Waals surface area contributed by atoms with Crippen LogP contribution in [0.1, 0.15) is 221 Å². The number of oxazole rings is 2. The van der Waals surface area contributed by atoms with Gasteiger partial charge in [-0.05, 0) is 222 Å². The Hall–Kier alpha value is -10.6. The number of aromatic nitrogens is 7. The molecule has 0 amide bonds. The maximum atomic E-state index is 10.2. The number of aliphatic hydroxyl groups is 7. The summed E-state index contributed by atoms with van der Waals surface area (Å²) in [6.07, 6.45) is 6.71. The average Bonchev–Trinajstić information content (AvgIpc) is 1.64. The molecule has 3 aliphatic rings. The number of rotatable bonds is 12. The summed E-state index contributed by atoms with van der Waals surface area (Å²) >= 11 is 31.7. The first-order valence-corrected chi connectivity index (χ1v) is 42.1. The SMILES string of the molecule is CC(C)(O)c1c(N)cc(Cl)c2c(C3CC3)noc12.CC(C)(O)c1c(N)cc2c(C3CC3)noc2c1Cl.CC(C)(O)c1c(N)cc2nc(-c3ccccc3)oc2c1Cl.CC(C)(O)c1c(N)cc2onc(C3CC3)c2c1Cl.CC(C)(O)c1noc2ccccc12.Cc1ccc(-c2nc3cc(N)c(C(C)(C)O)c(Cl)c3o2)cc1.Cc1noc2cccc(C(C)(C)O)c12. The van der Waals surface area contributed by atoms with Crippen molar-refractivity contribution in [2.24, 2.45) is 0 Å². The molecule has 0 unspecified atom stereocenters. The van der Waals surface area contributed by atoms with Gasteiger partial charge in [0.05, 0.1) is 103 Å². The molecule has 17 N–H and O–H groups in total. The molecule has 16 aromatic rings. The Morgan fingerprint density at radius 1 is 0.339 bits per heavy atom. The smallest absolute Gasteiger partial charge is 0.227 e. The van der Waals surface area contributed by atoms with E-state index < -0.39 is 39.2 Å². The lowest BCUT2D eigenvalue weighted by Gasteiger charge is -2.21. The van der Waals surface area contributed by atoms with Crippen molar-refractivity contribution in [1.29, 1.82) is 0 Å². The van der Waals surface area contributed by atoms with Crippen LogP contribution in [0.2, 0.25) is 25.1 Å². The van der Waals surface area contributed by atoms with E-state index in [0.717, 1.165) is 116 Å². The van der Waals surface area contributed by atoms with Gasteiger partial charge in [-0.3, -0.25) is 0 Å². The van der Waals surface area contributed by atoms with E-state index >= 15 is 0 Å². The van der Waals surface area contributed by atoms with Crippen LogP contribution in [0.5, 0.6) is 0 Å². The minimum Gasteiger partial charge on any atom is -0.434 e. The average molecular weight is 1790 g/mol. The second kappa shape index (κ2) is 34.4. The molecule has 0 radical (unpaired) electrons. The van der Waals surface area contributed by atoms with Gasteiger partial charge in [0.1, 0.15) is 22.3 Å². The first kappa shape index (κ1) is 91.1. The monoisotopic (exact) mass is 1780 g/mol. The zero-order valence-electron chi connectivity index (χ0n) is 71.5. The maximum absolute atomic E-state index is 10.2. The molecule has 7 heterocycles. The Balaban J connectivity index is 0.000000125. The number of halogens is 5. The molecule has 3 aliphatic carbocycles. The van der Waals surface area contributed by atoms with Crippen molar-refractivity contribution in [2.45, 2.75) is 206 Å². The van der Waals surface area contributed by atoms with Gasteiger partial charge in [0, 0.05) is 96.4 Å². The normalized spacial score (nSPS) is 14.0. The maximum Gasteiger partial charge on any atom is 0.227 e. The van der Waals surface area contributed by atoms with Crippen LogP contribution in [0.25, 0.3) is 100.0 Å². The van der Waals surface area contributed by atoms with Gasteiger partial charge in [0.2, 0.25) is 11.8 Å². The number of fused-ring (bicyclic) bond motifs is 7. The topological polar surface area (TPSA) is 454 Å². The van der Waals surface area contributed by atoms with Crippen LogP contribution in [-0.4, -0.2) is 71.5 Å². The van der Waals surface area contributed by atoms with E-state index in [0.29, 0.717) is 161 Å². The molecule has 0 saturated heterocycles. The van der Waals surface area contributed by atoms with Crippen molar-refractivity contribution in [3.63, 3.8) is 0 Å². The summed E-state index contributed by atoms with van der Waals surface area (Å²) in [5.41, 5.74) is 40.0. The summed E-state index contributed by atoms with van der Waals surface area (Å²) in [7, 11) is 0. The number of nitrogens with zero attached hydrogens (tertiary/aromatic N) is 7. The number of anilines is 5. The Morgan fingerprint density at radius 2 is 0.750 bits per heavy atom. The molecule has 26 nitrogen and oxygen atoms in total. The highest BCUT2D eigenvalue weighted by atomic mass is 35.5. The van der Waals surface area contributed by atoms with Gasteiger partial charge in [0.15, 0.2) is 39.1 Å². The third kappa shape index (κ3) is 19.4. The summed E-state index contributed by atoms with van der Waals surface area (Å²) in [4.78, 5) is 8.86. The van der Waals surface area contributed by atoms with E-state index in [4.69, 9.17) is 118 Å². The fraction of sp³-hybridized carbons (Fsp3) is 0.344. The van der Waals surface area contributed by atoms with Gasteiger partial charge >= 0.3 is 0 Å². The van der Waals surface area contributed by atoms with Crippen LogP contribution >= 0.6 is 58.0 Å². The van der Waals surface area contributed by atoms with Crippen LogP contribution in [0.4, 0.5) is 28.4 Å². The van der Waals surface area contributed by atoms with Crippen molar-refractivity contribution >= 4 is 163 Å². The number of aryl methyl sites for hydroxylation is 2. The van der Waals surface area contributed by atoms with Crippen molar-refractivity contribution < 1.29 is 67.2 Å². The van der Waals surface area contributed by atoms with E-state index in [2.05, 4.69) is 35.8 Å². The summed E-state index contributed by atoms with van der Waals surface area (Å²) < 4.78 is 37.8. The Bertz CT molecular complexity index is 6610. The molecule has 0 bridgehead atoms. The quantitative estimate of drug-likeness (QED) is 0.0505. The molecule has 0 spiro atoms. The number of benzene rings is 9. The van der Waals surface area contributed by atoms with Crippen molar-refractivity contribution in [3.8, 4) is 22.9 Å². The molecule has 19 rings (SSSR count). The third-order valence-corrected chi connectivity index (χ3v) is 22.9. The van der Waals surface area contributed by atoms with Crippen LogP contribution in [-0.2, 0) is 39.2 Å². The number of nitrogens with two attached hydrogens (primary N) is 5. The van der Waals surface area contributed by atoms with Gasteiger partial charge in [-0.15, -0.1) is 0 Å². The summed E-state index contributed by atoms with van der Waals surface area (Å²) in [6.45, 7) is 27.3. The molecule has 3 saturated carbocycles. The largest absolute Gasteiger partial charge is 0.434 e.